The summed E-state index contributed by atoms with van der Waals surface area (Å²) < 4.78 is 19.8. The van der Waals surface area contributed by atoms with Crippen molar-refractivity contribution in [3.05, 3.63) is 51.4 Å². The van der Waals surface area contributed by atoms with Gasteiger partial charge in [0.15, 0.2) is 11.6 Å². The molecule has 1 aliphatic rings. The van der Waals surface area contributed by atoms with Gasteiger partial charge in [-0.2, -0.15) is 0 Å². The van der Waals surface area contributed by atoms with Gasteiger partial charge in [0.05, 0.1) is 11.1 Å². The van der Waals surface area contributed by atoms with E-state index in [-0.39, 0.29) is 16.9 Å². The normalized spacial score (nSPS) is 17.1. The van der Waals surface area contributed by atoms with Crippen molar-refractivity contribution in [1.29, 1.82) is 0 Å². The van der Waals surface area contributed by atoms with Crippen LogP contribution in [0.3, 0.4) is 0 Å². The highest BCUT2D eigenvalue weighted by Crippen LogP contribution is 2.35. The number of hydrogen-bond acceptors (Lipinski definition) is 5. The van der Waals surface area contributed by atoms with E-state index < -0.39 is 11.9 Å². The predicted molar refractivity (Wildman–Crippen MR) is 120 cm³/mol. The molecule has 160 valence electrons. The third-order valence-electron chi connectivity index (χ3n) is 5.18. The molecule has 0 radical (unpaired) electrons. The SMILES string of the molecule is CC(Oc1cc(C#CC(C)N2CCN(C)CC2)cnc1N)c1c(Cl)ccc(F)c1Cl. The maximum absolute atomic E-state index is 13.8. The Bertz CT molecular complexity index is 968. The molecule has 30 heavy (non-hydrogen) atoms. The second-order valence-corrected chi connectivity index (χ2v) is 8.19. The standard InChI is InChI=1S/C22H25Cl2FN4O/c1-14(29-10-8-28(3)9-11-29)4-5-16-12-19(22(26)27-13-16)30-15(2)20-17(23)6-7-18(25)21(20)24/h6-7,12-15H,8-11H2,1-3H3,(H2,26,27). The van der Waals surface area contributed by atoms with E-state index in [4.69, 9.17) is 33.7 Å². The van der Waals surface area contributed by atoms with Crippen molar-refractivity contribution in [3.8, 4) is 17.6 Å². The molecule has 1 aromatic carbocycles. The summed E-state index contributed by atoms with van der Waals surface area (Å²) in [5.74, 6) is 6.42. The Balaban J connectivity index is 1.76. The number of aromatic nitrogens is 1. The average Bonchev–Trinajstić information content (AvgIpc) is 2.72. The summed E-state index contributed by atoms with van der Waals surface area (Å²) in [5.41, 5.74) is 7.01. The number of ether oxygens (including phenoxy) is 1. The van der Waals surface area contributed by atoms with Crippen LogP contribution in [0.1, 0.15) is 31.1 Å². The quantitative estimate of drug-likeness (QED) is 0.557. The second-order valence-electron chi connectivity index (χ2n) is 7.41. The van der Waals surface area contributed by atoms with Gasteiger partial charge < -0.3 is 15.4 Å². The molecule has 0 aliphatic carbocycles. The molecule has 1 fully saturated rings. The summed E-state index contributed by atoms with van der Waals surface area (Å²) in [6.45, 7) is 7.88. The van der Waals surface area contributed by atoms with Crippen LogP contribution in [0.25, 0.3) is 0 Å². The molecule has 5 nitrogen and oxygen atoms in total. The number of likely N-dealkylation sites (N-methyl/N-ethyl adjacent to an activating group) is 1. The van der Waals surface area contributed by atoms with Crippen LogP contribution in [0.4, 0.5) is 10.2 Å². The lowest BCUT2D eigenvalue weighted by atomic mass is 10.1. The van der Waals surface area contributed by atoms with Gasteiger partial charge in [-0.1, -0.05) is 35.0 Å². The molecule has 1 aliphatic heterocycles. The zero-order valence-corrected chi connectivity index (χ0v) is 18.8. The minimum absolute atomic E-state index is 0.0709. The summed E-state index contributed by atoms with van der Waals surface area (Å²) >= 11 is 12.3. The Morgan fingerprint density at radius 1 is 1.20 bits per heavy atom. The Kier molecular flexibility index (Phi) is 7.43. The first kappa shape index (κ1) is 22.6. The molecule has 2 aromatic rings. The molecule has 8 heteroatoms. The number of hydrogen-bond donors (Lipinski definition) is 1. The molecule has 0 saturated carbocycles. The van der Waals surface area contributed by atoms with Crippen molar-refractivity contribution in [2.24, 2.45) is 0 Å². The Labute approximate surface area is 186 Å². The smallest absolute Gasteiger partial charge is 0.166 e. The van der Waals surface area contributed by atoms with Crippen molar-refractivity contribution in [2.45, 2.75) is 26.0 Å². The van der Waals surface area contributed by atoms with Crippen LogP contribution >= 0.6 is 23.2 Å². The van der Waals surface area contributed by atoms with Crippen LogP contribution in [0, 0.1) is 17.7 Å². The first-order valence-electron chi connectivity index (χ1n) is 9.76. The lowest BCUT2D eigenvalue weighted by Crippen LogP contribution is -2.47. The van der Waals surface area contributed by atoms with E-state index in [0.29, 0.717) is 21.9 Å². The number of pyridine rings is 1. The van der Waals surface area contributed by atoms with Crippen molar-refractivity contribution in [2.75, 3.05) is 39.0 Å². The highest BCUT2D eigenvalue weighted by molar-refractivity contribution is 6.36. The monoisotopic (exact) mass is 450 g/mol. The van der Waals surface area contributed by atoms with Gasteiger partial charge in [0.2, 0.25) is 0 Å². The number of nitrogen functional groups attached to an aromatic ring is 1. The van der Waals surface area contributed by atoms with Gasteiger partial charge in [-0.3, -0.25) is 4.90 Å². The van der Waals surface area contributed by atoms with Gasteiger partial charge in [0, 0.05) is 54.6 Å². The first-order valence-corrected chi connectivity index (χ1v) is 10.5. The van der Waals surface area contributed by atoms with Crippen LogP contribution in [0.15, 0.2) is 24.4 Å². The van der Waals surface area contributed by atoms with Crippen LogP contribution in [0.2, 0.25) is 10.0 Å². The molecule has 2 unspecified atom stereocenters. The van der Waals surface area contributed by atoms with E-state index in [1.54, 1.807) is 19.2 Å². The van der Waals surface area contributed by atoms with Crippen molar-refractivity contribution < 1.29 is 9.13 Å². The van der Waals surface area contributed by atoms with Crippen molar-refractivity contribution in [1.82, 2.24) is 14.8 Å². The number of benzene rings is 1. The van der Waals surface area contributed by atoms with Gasteiger partial charge in [-0.05, 0) is 33.0 Å². The fourth-order valence-electron chi connectivity index (χ4n) is 3.27. The molecule has 2 N–H and O–H groups in total. The minimum Gasteiger partial charge on any atom is -0.482 e. The lowest BCUT2D eigenvalue weighted by molar-refractivity contribution is 0.139. The molecule has 2 atom stereocenters. The number of rotatable bonds is 4. The van der Waals surface area contributed by atoms with Crippen molar-refractivity contribution >= 4 is 29.0 Å². The second kappa shape index (κ2) is 9.84. The minimum atomic E-state index is -0.628. The summed E-state index contributed by atoms with van der Waals surface area (Å²) in [6, 6.07) is 4.52. The molecule has 0 amide bonds. The fraction of sp³-hybridized carbons (Fsp3) is 0.409. The molecule has 0 bridgehead atoms. The zero-order chi connectivity index (χ0) is 21.8. The average molecular weight is 451 g/mol. The molecule has 0 spiro atoms. The molecule has 2 heterocycles. The maximum atomic E-state index is 13.8. The number of piperazine rings is 1. The highest BCUT2D eigenvalue weighted by Gasteiger charge is 2.20. The largest absolute Gasteiger partial charge is 0.482 e. The number of halogens is 3. The Hall–Kier alpha value is -2.04. The van der Waals surface area contributed by atoms with E-state index in [1.807, 2.05) is 0 Å². The van der Waals surface area contributed by atoms with Gasteiger partial charge in [-0.25, -0.2) is 9.37 Å². The first-order chi connectivity index (χ1) is 14.3. The zero-order valence-electron chi connectivity index (χ0n) is 17.3. The van der Waals surface area contributed by atoms with Crippen molar-refractivity contribution in [3.63, 3.8) is 0 Å². The molecular weight excluding hydrogens is 426 g/mol. The summed E-state index contributed by atoms with van der Waals surface area (Å²) in [4.78, 5) is 8.84. The molecule has 3 rings (SSSR count). The van der Waals surface area contributed by atoms with Gasteiger partial charge in [-0.15, -0.1) is 0 Å². The number of nitrogens with two attached hydrogens (primary N) is 1. The van der Waals surface area contributed by atoms with Gasteiger partial charge in [0.1, 0.15) is 11.9 Å². The van der Waals surface area contributed by atoms with Crippen LogP contribution in [0.5, 0.6) is 5.75 Å². The van der Waals surface area contributed by atoms with Gasteiger partial charge in [0.25, 0.3) is 0 Å². The number of nitrogens with zero attached hydrogens (tertiary/aromatic N) is 3. The van der Waals surface area contributed by atoms with E-state index in [1.165, 1.54) is 12.1 Å². The topological polar surface area (TPSA) is 54.6 Å². The fourth-order valence-corrected chi connectivity index (χ4v) is 3.95. The lowest BCUT2D eigenvalue weighted by Gasteiger charge is -2.34. The molecular formula is C22H25Cl2FN4O. The molecule has 1 aromatic heterocycles. The van der Waals surface area contributed by atoms with E-state index in [9.17, 15) is 4.39 Å². The summed E-state index contributed by atoms with van der Waals surface area (Å²) in [6.07, 6.45) is 0.982. The van der Waals surface area contributed by atoms with Gasteiger partial charge >= 0.3 is 0 Å². The van der Waals surface area contributed by atoms with Crippen LogP contribution in [-0.4, -0.2) is 54.1 Å². The van der Waals surface area contributed by atoms with E-state index >= 15 is 0 Å². The Morgan fingerprint density at radius 3 is 2.60 bits per heavy atom. The summed E-state index contributed by atoms with van der Waals surface area (Å²) in [5, 5.41) is 0.246. The highest BCUT2D eigenvalue weighted by atomic mass is 35.5. The number of anilines is 1. The maximum Gasteiger partial charge on any atom is 0.166 e. The predicted octanol–water partition coefficient (Wildman–Crippen LogP) is 4.24. The Morgan fingerprint density at radius 2 is 1.90 bits per heavy atom. The third kappa shape index (κ3) is 5.35. The summed E-state index contributed by atoms with van der Waals surface area (Å²) in [7, 11) is 2.13. The van der Waals surface area contributed by atoms with E-state index in [0.717, 1.165) is 26.2 Å². The van der Waals surface area contributed by atoms with Crippen LogP contribution < -0.4 is 10.5 Å². The molecule has 1 saturated heterocycles. The third-order valence-corrected chi connectivity index (χ3v) is 5.90. The van der Waals surface area contributed by atoms with Crippen LogP contribution in [-0.2, 0) is 0 Å². The van der Waals surface area contributed by atoms with E-state index in [2.05, 4.69) is 40.6 Å².